The molecular formula is C21H29IO2. The van der Waals surface area contributed by atoms with Gasteiger partial charge < -0.3 is 4.74 Å². The fourth-order valence-corrected chi connectivity index (χ4v) is 7.40. The van der Waals surface area contributed by atoms with E-state index in [-0.39, 0.29) is 12.1 Å². The van der Waals surface area contributed by atoms with Gasteiger partial charge in [-0.2, -0.15) is 0 Å². The van der Waals surface area contributed by atoms with Crippen LogP contribution in [0.5, 0.6) is 0 Å². The SMILES string of the molecule is CC(=O)O[C@@H]1CC[C@@]2(C)C(=CC[C@H]3[C@H]2CC[C@]2(C)C(I)=CC[C@H]32)C1. The third-order valence-corrected chi connectivity index (χ3v) is 9.55. The third kappa shape index (κ3) is 2.44. The predicted octanol–water partition coefficient (Wildman–Crippen LogP) is 5.81. The van der Waals surface area contributed by atoms with Crippen LogP contribution in [-0.4, -0.2) is 12.1 Å². The number of fused-ring (bicyclic) bond motifs is 5. The second-order valence-electron chi connectivity index (χ2n) is 8.98. The van der Waals surface area contributed by atoms with Crippen LogP contribution in [0.2, 0.25) is 0 Å². The Morgan fingerprint density at radius 1 is 1.12 bits per heavy atom. The van der Waals surface area contributed by atoms with E-state index in [4.69, 9.17) is 4.74 Å². The molecule has 3 heteroatoms. The summed E-state index contributed by atoms with van der Waals surface area (Å²) in [6, 6.07) is 0. The molecule has 4 aliphatic rings. The molecule has 132 valence electrons. The van der Waals surface area contributed by atoms with Crippen molar-refractivity contribution in [3.63, 3.8) is 0 Å². The molecule has 0 radical (unpaired) electrons. The Hall–Kier alpha value is -0.320. The van der Waals surface area contributed by atoms with E-state index in [1.165, 1.54) is 39.0 Å². The molecule has 24 heavy (non-hydrogen) atoms. The lowest BCUT2D eigenvalue weighted by molar-refractivity contribution is -0.148. The summed E-state index contributed by atoms with van der Waals surface area (Å²) in [5.41, 5.74) is 2.37. The summed E-state index contributed by atoms with van der Waals surface area (Å²) in [7, 11) is 0. The van der Waals surface area contributed by atoms with E-state index in [1.807, 2.05) is 0 Å². The van der Waals surface area contributed by atoms with E-state index >= 15 is 0 Å². The molecule has 0 unspecified atom stereocenters. The van der Waals surface area contributed by atoms with Crippen molar-refractivity contribution in [2.75, 3.05) is 0 Å². The van der Waals surface area contributed by atoms with Crippen LogP contribution in [0.15, 0.2) is 21.3 Å². The van der Waals surface area contributed by atoms with E-state index in [2.05, 4.69) is 48.6 Å². The van der Waals surface area contributed by atoms with Gasteiger partial charge in [-0.05, 0) is 87.9 Å². The summed E-state index contributed by atoms with van der Waals surface area (Å²) in [5, 5.41) is 0. The van der Waals surface area contributed by atoms with Gasteiger partial charge in [-0.3, -0.25) is 4.79 Å². The van der Waals surface area contributed by atoms with Crippen molar-refractivity contribution >= 4 is 28.6 Å². The molecule has 0 amide bonds. The second kappa shape index (κ2) is 5.85. The number of esters is 1. The van der Waals surface area contributed by atoms with Crippen LogP contribution in [0, 0.1) is 28.6 Å². The quantitative estimate of drug-likeness (QED) is 0.292. The van der Waals surface area contributed by atoms with Crippen molar-refractivity contribution in [2.24, 2.45) is 28.6 Å². The standard InChI is InChI=1S/C21H29IO2/c1-13(23)24-15-8-10-20(2)14(12-15)4-5-16-17-6-7-19(22)21(17,3)11-9-18(16)20/h4,7,15-18H,5-6,8-12H2,1-3H3/t15-,16-,17-,18-,20+,21+/m1/s1. The van der Waals surface area contributed by atoms with Gasteiger partial charge in [-0.15, -0.1) is 0 Å². The predicted molar refractivity (Wildman–Crippen MR) is 105 cm³/mol. The molecule has 0 aromatic heterocycles. The van der Waals surface area contributed by atoms with Gasteiger partial charge in [0.1, 0.15) is 6.10 Å². The molecule has 0 bridgehead atoms. The lowest BCUT2D eigenvalue weighted by Crippen LogP contribution is -2.49. The number of hydrogen-bond donors (Lipinski definition) is 0. The van der Waals surface area contributed by atoms with Gasteiger partial charge in [0, 0.05) is 18.8 Å². The van der Waals surface area contributed by atoms with Crippen molar-refractivity contribution in [1.29, 1.82) is 0 Å². The molecule has 2 nitrogen and oxygen atoms in total. The number of carbonyl (C=O) groups is 1. The summed E-state index contributed by atoms with van der Waals surface area (Å²) in [6.45, 7) is 6.56. The molecule has 2 fully saturated rings. The number of halogens is 1. The fraction of sp³-hybridized carbons (Fsp3) is 0.762. The highest BCUT2D eigenvalue weighted by Crippen LogP contribution is 2.65. The molecule has 0 aromatic carbocycles. The maximum Gasteiger partial charge on any atom is 0.302 e. The van der Waals surface area contributed by atoms with E-state index < -0.39 is 0 Å². The molecule has 0 aromatic rings. The van der Waals surface area contributed by atoms with Gasteiger partial charge in [-0.1, -0.05) is 31.6 Å². The monoisotopic (exact) mass is 440 g/mol. The Labute approximate surface area is 159 Å². The first-order valence-electron chi connectivity index (χ1n) is 9.57. The zero-order valence-electron chi connectivity index (χ0n) is 15.1. The normalized spacial score (nSPS) is 47.0. The number of carbonyl (C=O) groups excluding carboxylic acids is 1. The van der Waals surface area contributed by atoms with E-state index in [0.717, 1.165) is 30.6 Å². The Morgan fingerprint density at radius 2 is 1.88 bits per heavy atom. The van der Waals surface area contributed by atoms with E-state index in [9.17, 15) is 4.79 Å². The van der Waals surface area contributed by atoms with Crippen molar-refractivity contribution in [2.45, 2.75) is 71.8 Å². The topological polar surface area (TPSA) is 26.3 Å². The molecule has 0 heterocycles. The second-order valence-corrected chi connectivity index (χ2v) is 10.1. The van der Waals surface area contributed by atoms with Gasteiger partial charge in [0.25, 0.3) is 0 Å². The summed E-state index contributed by atoms with van der Waals surface area (Å²) >= 11 is 2.60. The fourth-order valence-electron chi connectivity index (χ4n) is 6.48. The van der Waals surface area contributed by atoms with Crippen LogP contribution in [-0.2, 0) is 9.53 Å². The minimum absolute atomic E-state index is 0.112. The highest BCUT2D eigenvalue weighted by atomic mass is 127. The van der Waals surface area contributed by atoms with E-state index in [0.29, 0.717) is 10.8 Å². The van der Waals surface area contributed by atoms with Crippen molar-refractivity contribution in [3.8, 4) is 0 Å². The Morgan fingerprint density at radius 3 is 2.62 bits per heavy atom. The Balaban J connectivity index is 1.59. The number of hydrogen-bond acceptors (Lipinski definition) is 2. The molecule has 0 saturated heterocycles. The minimum atomic E-state index is -0.127. The maximum atomic E-state index is 11.3. The third-order valence-electron chi connectivity index (χ3n) is 7.88. The molecule has 0 aliphatic heterocycles. The lowest BCUT2D eigenvalue weighted by atomic mass is 9.48. The molecule has 4 rings (SSSR count). The number of allylic oxidation sites excluding steroid dienone is 3. The van der Waals surface area contributed by atoms with Gasteiger partial charge in [0.15, 0.2) is 0 Å². The van der Waals surface area contributed by atoms with Crippen LogP contribution in [0.3, 0.4) is 0 Å². The smallest absolute Gasteiger partial charge is 0.302 e. The highest BCUT2D eigenvalue weighted by molar-refractivity contribution is 14.1. The molecule has 4 aliphatic carbocycles. The molecule has 6 atom stereocenters. The largest absolute Gasteiger partial charge is 0.462 e. The van der Waals surface area contributed by atoms with Crippen LogP contribution >= 0.6 is 22.6 Å². The lowest BCUT2D eigenvalue weighted by Gasteiger charge is -2.57. The highest BCUT2D eigenvalue weighted by Gasteiger charge is 2.56. The maximum absolute atomic E-state index is 11.3. The first kappa shape index (κ1) is 17.1. The Kier molecular flexibility index (Phi) is 4.17. The Bertz CT molecular complexity index is 621. The van der Waals surface area contributed by atoms with E-state index in [1.54, 1.807) is 9.15 Å². The van der Waals surface area contributed by atoms with Crippen LogP contribution in [0.4, 0.5) is 0 Å². The first-order valence-corrected chi connectivity index (χ1v) is 10.7. The summed E-state index contributed by atoms with van der Waals surface area (Å²) < 4.78 is 7.14. The molecular weight excluding hydrogens is 411 g/mol. The van der Waals surface area contributed by atoms with Gasteiger partial charge in [0.05, 0.1) is 0 Å². The molecule has 0 spiro atoms. The van der Waals surface area contributed by atoms with Crippen molar-refractivity contribution in [3.05, 3.63) is 21.3 Å². The first-order chi connectivity index (χ1) is 11.3. The van der Waals surface area contributed by atoms with Crippen LogP contribution in [0.25, 0.3) is 0 Å². The van der Waals surface area contributed by atoms with Gasteiger partial charge >= 0.3 is 5.97 Å². The number of ether oxygens (including phenoxy) is 1. The summed E-state index contributed by atoms with van der Waals surface area (Å²) in [4.78, 5) is 11.3. The average Bonchev–Trinajstić information content (AvgIpc) is 2.83. The summed E-state index contributed by atoms with van der Waals surface area (Å²) in [5.74, 6) is 2.37. The van der Waals surface area contributed by atoms with Crippen molar-refractivity contribution in [1.82, 2.24) is 0 Å². The van der Waals surface area contributed by atoms with Gasteiger partial charge in [0.2, 0.25) is 0 Å². The average molecular weight is 440 g/mol. The van der Waals surface area contributed by atoms with Crippen molar-refractivity contribution < 1.29 is 9.53 Å². The summed E-state index contributed by atoms with van der Waals surface area (Å²) in [6.07, 6.45) is 13.6. The zero-order chi connectivity index (χ0) is 17.1. The van der Waals surface area contributed by atoms with Gasteiger partial charge in [-0.25, -0.2) is 0 Å². The number of rotatable bonds is 1. The molecule has 0 N–H and O–H groups in total. The molecule has 2 saturated carbocycles. The van der Waals surface area contributed by atoms with Crippen LogP contribution in [0.1, 0.15) is 65.7 Å². The minimum Gasteiger partial charge on any atom is -0.462 e. The van der Waals surface area contributed by atoms with Crippen LogP contribution < -0.4 is 0 Å². The zero-order valence-corrected chi connectivity index (χ0v) is 17.3.